The number of aromatic nitrogens is 1. The van der Waals surface area contributed by atoms with Crippen LogP contribution in [0.1, 0.15) is 33.4 Å². The summed E-state index contributed by atoms with van der Waals surface area (Å²) in [6, 6.07) is 4.61. The quantitative estimate of drug-likeness (QED) is 0.807. The smallest absolute Gasteiger partial charge is 0.122 e. The van der Waals surface area contributed by atoms with Crippen LogP contribution in [-0.4, -0.2) is 40.2 Å². The largest absolute Gasteiger partial charge is 0.492 e. The topological polar surface area (TPSA) is 45.6 Å². The van der Waals surface area contributed by atoms with Gasteiger partial charge >= 0.3 is 0 Å². The molecule has 1 heterocycles. The Hall–Kier alpha value is -1.13. The van der Waals surface area contributed by atoms with Crippen molar-refractivity contribution in [2.45, 2.75) is 46.4 Å². The highest BCUT2D eigenvalue weighted by molar-refractivity contribution is 5.22. The number of nitrogens with zero attached hydrogens (tertiary/aromatic N) is 2. The van der Waals surface area contributed by atoms with Crippen LogP contribution in [0.5, 0.6) is 5.75 Å². The Morgan fingerprint density at radius 1 is 1.28 bits per heavy atom. The maximum absolute atomic E-state index is 8.99. The van der Waals surface area contributed by atoms with Gasteiger partial charge in [-0.05, 0) is 33.8 Å². The van der Waals surface area contributed by atoms with Crippen LogP contribution in [-0.2, 0) is 6.61 Å². The predicted molar refractivity (Wildman–Crippen MR) is 72.6 cm³/mol. The van der Waals surface area contributed by atoms with Crippen LogP contribution in [0.4, 0.5) is 0 Å². The highest BCUT2D eigenvalue weighted by Gasteiger charge is 2.12. The van der Waals surface area contributed by atoms with Gasteiger partial charge in [0.2, 0.25) is 0 Å². The van der Waals surface area contributed by atoms with Crippen LogP contribution < -0.4 is 4.74 Å². The fourth-order valence-corrected chi connectivity index (χ4v) is 2.01. The number of pyridine rings is 1. The van der Waals surface area contributed by atoms with Gasteiger partial charge in [0.1, 0.15) is 12.4 Å². The Labute approximate surface area is 110 Å². The van der Waals surface area contributed by atoms with Gasteiger partial charge in [-0.1, -0.05) is 0 Å². The standard InChI is InChI=1S/C14H24N2O2/c1-11(2)16(12(3)4)7-8-18-14-5-6-15-13(9-14)10-17/h5-6,9,11-12,17H,7-8,10H2,1-4H3. The molecule has 0 aliphatic carbocycles. The normalized spacial score (nSPS) is 11.6. The maximum Gasteiger partial charge on any atom is 0.122 e. The first-order valence-corrected chi connectivity index (χ1v) is 6.49. The number of hydrogen-bond acceptors (Lipinski definition) is 4. The number of rotatable bonds is 7. The molecule has 0 saturated heterocycles. The summed E-state index contributed by atoms with van der Waals surface area (Å²) < 4.78 is 5.69. The van der Waals surface area contributed by atoms with E-state index in [1.54, 1.807) is 12.3 Å². The first-order chi connectivity index (χ1) is 8.54. The third-order valence-electron chi connectivity index (χ3n) is 2.89. The molecule has 0 aliphatic heterocycles. The third kappa shape index (κ3) is 4.63. The van der Waals surface area contributed by atoms with Crippen LogP contribution in [0, 0.1) is 0 Å². The van der Waals surface area contributed by atoms with E-state index in [0.717, 1.165) is 12.3 Å². The fourth-order valence-electron chi connectivity index (χ4n) is 2.01. The number of aliphatic hydroxyl groups is 1. The van der Waals surface area contributed by atoms with E-state index in [9.17, 15) is 0 Å². The van der Waals surface area contributed by atoms with Crippen LogP contribution in [0.25, 0.3) is 0 Å². The van der Waals surface area contributed by atoms with Gasteiger partial charge in [-0.15, -0.1) is 0 Å². The molecule has 0 unspecified atom stereocenters. The van der Waals surface area contributed by atoms with Crippen molar-refractivity contribution in [2.75, 3.05) is 13.2 Å². The van der Waals surface area contributed by atoms with Gasteiger partial charge in [0.05, 0.1) is 12.3 Å². The van der Waals surface area contributed by atoms with Crippen molar-refractivity contribution in [1.82, 2.24) is 9.88 Å². The molecular formula is C14H24N2O2. The summed E-state index contributed by atoms with van der Waals surface area (Å²) in [5.41, 5.74) is 0.636. The summed E-state index contributed by atoms with van der Waals surface area (Å²) in [5.74, 6) is 0.765. The van der Waals surface area contributed by atoms with Crippen molar-refractivity contribution in [3.05, 3.63) is 24.0 Å². The first kappa shape index (κ1) is 14.9. The van der Waals surface area contributed by atoms with E-state index in [-0.39, 0.29) is 6.61 Å². The fraction of sp³-hybridized carbons (Fsp3) is 0.643. The molecule has 1 rings (SSSR count). The second kappa shape index (κ2) is 7.34. The monoisotopic (exact) mass is 252 g/mol. The second-order valence-corrected chi connectivity index (χ2v) is 4.91. The molecule has 0 aromatic carbocycles. The van der Waals surface area contributed by atoms with Crippen LogP contribution >= 0.6 is 0 Å². The van der Waals surface area contributed by atoms with Gasteiger partial charge in [-0.25, -0.2) is 0 Å². The zero-order chi connectivity index (χ0) is 13.5. The molecule has 0 atom stereocenters. The Kier molecular flexibility index (Phi) is 6.09. The molecule has 0 radical (unpaired) electrons. The van der Waals surface area contributed by atoms with Gasteiger partial charge in [0, 0.05) is 30.9 Å². The molecule has 102 valence electrons. The molecule has 4 heteroatoms. The van der Waals surface area contributed by atoms with Crippen molar-refractivity contribution in [3.8, 4) is 5.75 Å². The van der Waals surface area contributed by atoms with Crippen molar-refractivity contribution in [2.24, 2.45) is 0 Å². The second-order valence-electron chi connectivity index (χ2n) is 4.91. The number of hydrogen-bond donors (Lipinski definition) is 1. The van der Waals surface area contributed by atoms with Gasteiger partial charge in [-0.3, -0.25) is 9.88 Å². The molecule has 1 N–H and O–H groups in total. The minimum atomic E-state index is -0.0543. The van der Waals surface area contributed by atoms with Gasteiger partial charge in [0.15, 0.2) is 0 Å². The van der Waals surface area contributed by atoms with Crippen LogP contribution in [0.3, 0.4) is 0 Å². The lowest BCUT2D eigenvalue weighted by atomic mass is 10.2. The molecule has 0 spiro atoms. The van der Waals surface area contributed by atoms with Crippen molar-refractivity contribution >= 4 is 0 Å². The van der Waals surface area contributed by atoms with Crippen molar-refractivity contribution in [1.29, 1.82) is 0 Å². The van der Waals surface area contributed by atoms with Gasteiger partial charge in [-0.2, -0.15) is 0 Å². The van der Waals surface area contributed by atoms with E-state index in [2.05, 4.69) is 37.6 Å². The lowest BCUT2D eigenvalue weighted by Gasteiger charge is -2.30. The van der Waals surface area contributed by atoms with Crippen molar-refractivity contribution < 1.29 is 9.84 Å². The van der Waals surface area contributed by atoms with Crippen molar-refractivity contribution in [3.63, 3.8) is 0 Å². The number of ether oxygens (including phenoxy) is 1. The van der Waals surface area contributed by atoms with E-state index in [0.29, 0.717) is 24.4 Å². The lowest BCUT2D eigenvalue weighted by molar-refractivity contribution is 0.142. The summed E-state index contributed by atoms with van der Waals surface area (Å²) in [5, 5.41) is 8.99. The molecule has 4 nitrogen and oxygen atoms in total. The third-order valence-corrected chi connectivity index (χ3v) is 2.89. The van der Waals surface area contributed by atoms with E-state index in [1.165, 1.54) is 0 Å². The summed E-state index contributed by atoms with van der Waals surface area (Å²) in [4.78, 5) is 6.40. The van der Waals surface area contributed by atoms with E-state index in [1.807, 2.05) is 6.07 Å². The zero-order valence-corrected chi connectivity index (χ0v) is 11.8. The minimum absolute atomic E-state index is 0.0543. The van der Waals surface area contributed by atoms with E-state index in [4.69, 9.17) is 9.84 Å². The summed E-state index contributed by atoms with van der Waals surface area (Å²) >= 11 is 0. The van der Waals surface area contributed by atoms with Gasteiger partial charge < -0.3 is 9.84 Å². The summed E-state index contributed by atoms with van der Waals surface area (Å²) in [6.45, 7) is 10.2. The Morgan fingerprint density at radius 3 is 2.50 bits per heavy atom. The Bertz CT molecular complexity index is 345. The van der Waals surface area contributed by atoms with Crippen LogP contribution in [0.2, 0.25) is 0 Å². The highest BCUT2D eigenvalue weighted by Crippen LogP contribution is 2.11. The molecule has 1 aromatic rings. The SMILES string of the molecule is CC(C)N(CCOc1ccnc(CO)c1)C(C)C. The Morgan fingerprint density at radius 2 is 1.94 bits per heavy atom. The molecule has 0 fully saturated rings. The average Bonchev–Trinajstić information content (AvgIpc) is 2.34. The summed E-state index contributed by atoms with van der Waals surface area (Å²) in [7, 11) is 0. The van der Waals surface area contributed by atoms with Gasteiger partial charge in [0.25, 0.3) is 0 Å². The molecular weight excluding hydrogens is 228 g/mol. The van der Waals surface area contributed by atoms with E-state index >= 15 is 0 Å². The average molecular weight is 252 g/mol. The van der Waals surface area contributed by atoms with E-state index < -0.39 is 0 Å². The maximum atomic E-state index is 8.99. The predicted octanol–water partition coefficient (Wildman–Crippen LogP) is 2.07. The number of aliphatic hydroxyl groups excluding tert-OH is 1. The molecule has 18 heavy (non-hydrogen) atoms. The molecule has 1 aromatic heterocycles. The molecule has 0 bridgehead atoms. The lowest BCUT2D eigenvalue weighted by Crippen LogP contribution is -2.39. The molecule has 0 amide bonds. The molecule has 0 aliphatic rings. The first-order valence-electron chi connectivity index (χ1n) is 6.49. The zero-order valence-electron chi connectivity index (χ0n) is 11.8. The minimum Gasteiger partial charge on any atom is -0.492 e. The molecule has 0 saturated carbocycles. The Balaban J connectivity index is 2.44. The van der Waals surface area contributed by atoms with Crippen LogP contribution in [0.15, 0.2) is 18.3 Å². The highest BCUT2D eigenvalue weighted by atomic mass is 16.5. The summed E-state index contributed by atoms with van der Waals surface area (Å²) in [6.07, 6.45) is 1.66.